The minimum atomic E-state index is -0.622. The van der Waals surface area contributed by atoms with E-state index < -0.39 is 11.8 Å². The average Bonchev–Trinajstić information content (AvgIpc) is 2.32. The first kappa shape index (κ1) is 11.9. The highest BCUT2D eigenvalue weighted by Crippen LogP contribution is 2.28. The molecule has 17 heavy (non-hydrogen) atoms. The maximum atomic E-state index is 11.3. The van der Waals surface area contributed by atoms with E-state index in [1.807, 2.05) is 18.2 Å². The van der Waals surface area contributed by atoms with E-state index in [1.54, 1.807) is 7.11 Å². The van der Waals surface area contributed by atoms with Gasteiger partial charge in [0.15, 0.2) is 0 Å². The number of amides is 2. The Hall–Kier alpha value is -1.56. The van der Waals surface area contributed by atoms with Gasteiger partial charge in [-0.15, -0.1) is 0 Å². The molecule has 1 unspecified atom stereocenters. The summed E-state index contributed by atoms with van der Waals surface area (Å²) < 4.78 is 6.12. The number of carbonyl (C=O) groups is 2. The lowest BCUT2D eigenvalue weighted by Gasteiger charge is -2.25. The maximum Gasteiger partial charge on any atom is 0.309 e. The lowest BCUT2D eigenvalue weighted by molar-refractivity contribution is -0.141. The second kappa shape index (κ2) is 4.75. The molecular formula is C11H11BrN2O3. The number of piperazine rings is 1. The predicted octanol–water partition coefficient (Wildman–Crippen LogP) is 0.745. The third-order valence-electron chi connectivity index (χ3n) is 2.55. The molecule has 2 N–H and O–H groups in total. The molecule has 0 bridgehead atoms. The van der Waals surface area contributed by atoms with Crippen molar-refractivity contribution in [2.75, 3.05) is 13.7 Å². The first-order valence-electron chi connectivity index (χ1n) is 5.04. The first-order valence-corrected chi connectivity index (χ1v) is 5.83. The molecule has 0 aromatic heterocycles. The number of nitrogens with one attached hydrogen (secondary N) is 2. The third kappa shape index (κ3) is 2.41. The van der Waals surface area contributed by atoms with Gasteiger partial charge in [-0.1, -0.05) is 15.9 Å². The van der Waals surface area contributed by atoms with Gasteiger partial charge in [-0.05, 0) is 18.2 Å². The van der Waals surface area contributed by atoms with E-state index in [9.17, 15) is 9.59 Å². The van der Waals surface area contributed by atoms with Gasteiger partial charge in [0.25, 0.3) is 0 Å². The number of hydrogen-bond acceptors (Lipinski definition) is 3. The third-order valence-corrected chi connectivity index (χ3v) is 3.04. The zero-order valence-electron chi connectivity index (χ0n) is 9.12. The van der Waals surface area contributed by atoms with E-state index in [2.05, 4.69) is 26.6 Å². The van der Waals surface area contributed by atoms with Crippen molar-refractivity contribution in [2.24, 2.45) is 0 Å². The molecule has 6 heteroatoms. The van der Waals surface area contributed by atoms with Crippen molar-refractivity contribution < 1.29 is 14.3 Å². The minimum absolute atomic E-state index is 0.271. The highest BCUT2D eigenvalue weighted by molar-refractivity contribution is 9.10. The quantitative estimate of drug-likeness (QED) is 0.792. The summed E-state index contributed by atoms with van der Waals surface area (Å²) in [6.07, 6.45) is 0. The van der Waals surface area contributed by atoms with Gasteiger partial charge in [0.2, 0.25) is 0 Å². The van der Waals surface area contributed by atoms with Crippen LogP contribution < -0.4 is 15.4 Å². The molecule has 1 aliphatic rings. The Kier molecular flexibility index (Phi) is 3.33. The standard InChI is InChI=1S/C11H11BrN2O3/c1-17-9-3-2-6(12)4-7(9)8-5-13-10(15)11(16)14-8/h2-4,8H,5H2,1H3,(H,13,15)(H,14,16). The summed E-state index contributed by atoms with van der Waals surface area (Å²) in [4.78, 5) is 22.3. The molecule has 1 aromatic rings. The summed E-state index contributed by atoms with van der Waals surface area (Å²) >= 11 is 3.36. The number of rotatable bonds is 2. The van der Waals surface area contributed by atoms with E-state index >= 15 is 0 Å². The lowest BCUT2D eigenvalue weighted by atomic mass is 10.0. The fraction of sp³-hybridized carbons (Fsp3) is 0.273. The van der Waals surface area contributed by atoms with Crippen LogP contribution in [-0.4, -0.2) is 25.5 Å². The van der Waals surface area contributed by atoms with E-state index in [4.69, 9.17) is 4.74 Å². The van der Waals surface area contributed by atoms with Crippen molar-refractivity contribution in [3.63, 3.8) is 0 Å². The number of hydrogen-bond donors (Lipinski definition) is 2. The molecule has 90 valence electrons. The Bertz CT molecular complexity index is 476. The zero-order chi connectivity index (χ0) is 12.4. The zero-order valence-corrected chi connectivity index (χ0v) is 10.7. The van der Waals surface area contributed by atoms with Crippen molar-refractivity contribution in [2.45, 2.75) is 6.04 Å². The van der Waals surface area contributed by atoms with Gasteiger partial charge in [-0.3, -0.25) is 9.59 Å². The van der Waals surface area contributed by atoms with Crippen LogP contribution in [0.2, 0.25) is 0 Å². The molecule has 0 aliphatic carbocycles. The Labute approximate surface area is 107 Å². The van der Waals surface area contributed by atoms with E-state index in [0.29, 0.717) is 12.3 Å². The van der Waals surface area contributed by atoms with Gasteiger partial charge in [0, 0.05) is 16.6 Å². The van der Waals surface area contributed by atoms with Crippen LogP contribution in [0.4, 0.5) is 0 Å². The van der Waals surface area contributed by atoms with Crippen molar-refractivity contribution in [1.29, 1.82) is 0 Å². The van der Waals surface area contributed by atoms with E-state index in [1.165, 1.54) is 0 Å². The summed E-state index contributed by atoms with van der Waals surface area (Å²) in [5.74, 6) is -0.548. The SMILES string of the molecule is COc1ccc(Br)cc1C1CNC(=O)C(=O)N1. The minimum Gasteiger partial charge on any atom is -0.496 e. The summed E-state index contributed by atoms with van der Waals surface area (Å²) in [7, 11) is 1.57. The second-order valence-electron chi connectivity index (χ2n) is 3.62. The van der Waals surface area contributed by atoms with Gasteiger partial charge >= 0.3 is 11.8 Å². The van der Waals surface area contributed by atoms with Gasteiger partial charge in [-0.2, -0.15) is 0 Å². The maximum absolute atomic E-state index is 11.3. The number of benzene rings is 1. The van der Waals surface area contributed by atoms with Crippen LogP contribution >= 0.6 is 15.9 Å². The molecule has 2 amide bonds. The molecular weight excluding hydrogens is 288 g/mol. The van der Waals surface area contributed by atoms with Crippen LogP contribution in [0, 0.1) is 0 Å². The average molecular weight is 299 g/mol. The Morgan fingerprint density at radius 3 is 2.76 bits per heavy atom. The van der Waals surface area contributed by atoms with Crippen LogP contribution in [0.3, 0.4) is 0 Å². The Balaban J connectivity index is 2.30. The van der Waals surface area contributed by atoms with Crippen LogP contribution in [0.15, 0.2) is 22.7 Å². The molecule has 0 radical (unpaired) electrons. The van der Waals surface area contributed by atoms with Crippen molar-refractivity contribution in [3.8, 4) is 5.75 Å². The number of methoxy groups -OCH3 is 1. The highest BCUT2D eigenvalue weighted by atomic mass is 79.9. The van der Waals surface area contributed by atoms with Crippen molar-refractivity contribution in [3.05, 3.63) is 28.2 Å². The molecule has 1 aliphatic heterocycles. The predicted molar refractivity (Wildman–Crippen MR) is 64.6 cm³/mol. The van der Waals surface area contributed by atoms with Crippen LogP contribution in [0.25, 0.3) is 0 Å². The molecule has 1 saturated heterocycles. The number of ether oxygens (including phenoxy) is 1. The summed E-state index contributed by atoms with van der Waals surface area (Å²) in [6, 6.07) is 5.25. The van der Waals surface area contributed by atoms with Crippen molar-refractivity contribution >= 4 is 27.7 Å². The summed E-state index contributed by atoms with van der Waals surface area (Å²) in [5, 5.41) is 5.16. The fourth-order valence-electron chi connectivity index (χ4n) is 1.72. The Morgan fingerprint density at radius 2 is 2.12 bits per heavy atom. The van der Waals surface area contributed by atoms with Crippen molar-refractivity contribution in [1.82, 2.24) is 10.6 Å². The van der Waals surface area contributed by atoms with Crippen LogP contribution in [-0.2, 0) is 9.59 Å². The molecule has 2 rings (SSSR count). The van der Waals surface area contributed by atoms with Gasteiger partial charge < -0.3 is 15.4 Å². The molecule has 1 fully saturated rings. The Morgan fingerprint density at radius 1 is 1.35 bits per heavy atom. The molecule has 0 spiro atoms. The first-order chi connectivity index (χ1) is 8.11. The molecule has 5 nitrogen and oxygen atoms in total. The largest absolute Gasteiger partial charge is 0.496 e. The van der Waals surface area contributed by atoms with E-state index in [0.717, 1.165) is 10.0 Å². The number of carbonyl (C=O) groups excluding carboxylic acids is 2. The summed E-state index contributed by atoms with van der Waals surface area (Å²) in [5.41, 5.74) is 0.829. The topological polar surface area (TPSA) is 67.4 Å². The van der Waals surface area contributed by atoms with E-state index in [-0.39, 0.29) is 6.04 Å². The lowest BCUT2D eigenvalue weighted by Crippen LogP contribution is -2.51. The van der Waals surface area contributed by atoms with Gasteiger partial charge in [-0.25, -0.2) is 0 Å². The number of halogens is 1. The monoisotopic (exact) mass is 298 g/mol. The van der Waals surface area contributed by atoms with Crippen LogP contribution in [0.1, 0.15) is 11.6 Å². The van der Waals surface area contributed by atoms with Crippen LogP contribution in [0.5, 0.6) is 5.75 Å². The van der Waals surface area contributed by atoms with Gasteiger partial charge in [0.1, 0.15) is 5.75 Å². The molecule has 1 atom stereocenters. The molecule has 0 saturated carbocycles. The highest BCUT2D eigenvalue weighted by Gasteiger charge is 2.27. The fourth-order valence-corrected chi connectivity index (χ4v) is 2.09. The second-order valence-corrected chi connectivity index (χ2v) is 4.54. The molecule has 1 heterocycles. The smallest absolute Gasteiger partial charge is 0.309 e. The summed E-state index contributed by atoms with van der Waals surface area (Å²) in [6.45, 7) is 0.359. The molecule has 1 aromatic carbocycles. The normalized spacial score (nSPS) is 19.5. The van der Waals surface area contributed by atoms with Gasteiger partial charge in [0.05, 0.1) is 13.2 Å².